The Balaban J connectivity index is 2.35. The van der Waals surface area contributed by atoms with Crippen molar-refractivity contribution in [2.75, 3.05) is 27.4 Å². The van der Waals surface area contributed by atoms with Crippen molar-refractivity contribution in [3.63, 3.8) is 0 Å². The van der Waals surface area contributed by atoms with E-state index in [2.05, 4.69) is 21.2 Å². The van der Waals surface area contributed by atoms with Crippen LogP contribution in [0.1, 0.15) is 12.0 Å². The van der Waals surface area contributed by atoms with Crippen molar-refractivity contribution in [3.8, 4) is 5.75 Å². The molecule has 0 aromatic heterocycles. The molecule has 0 aliphatic carbocycles. The number of benzene rings is 1. The van der Waals surface area contributed by atoms with Gasteiger partial charge < -0.3 is 19.9 Å². The smallest absolute Gasteiger partial charge is 0.220 e. The van der Waals surface area contributed by atoms with Gasteiger partial charge in [-0.2, -0.15) is 0 Å². The average molecular weight is 346 g/mol. The van der Waals surface area contributed by atoms with E-state index in [1.54, 1.807) is 7.11 Å². The molecule has 0 saturated heterocycles. The first-order chi connectivity index (χ1) is 9.56. The molecule has 1 unspecified atom stereocenters. The molecule has 1 aromatic carbocycles. The van der Waals surface area contributed by atoms with Gasteiger partial charge in [0, 0.05) is 20.1 Å². The number of halogens is 1. The topological polar surface area (TPSA) is 67.8 Å². The molecule has 0 aliphatic rings. The Kier molecular flexibility index (Phi) is 7.58. The van der Waals surface area contributed by atoms with Crippen LogP contribution in [0.5, 0.6) is 5.75 Å². The molecule has 0 saturated carbocycles. The van der Waals surface area contributed by atoms with E-state index >= 15 is 0 Å². The van der Waals surface area contributed by atoms with Gasteiger partial charge in [-0.3, -0.25) is 4.79 Å². The zero-order chi connectivity index (χ0) is 15.0. The van der Waals surface area contributed by atoms with Crippen LogP contribution >= 0.6 is 15.9 Å². The molecule has 0 radical (unpaired) electrons. The van der Waals surface area contributed by atoms with E-state index in [-0.39, 0.29) is 19.1 Å². The lowest BCUT2D eigenvalue weighted by molar-refractivity contribution is -0.121. The molecule has 5 nitrogen and oxygen atoms in total. The van der Waals surface area contributed by atoms with Gasteiger partial charge in [0.25, 0.3) is 0 Å². The van der Waals surface area contributed by atoms with Gasteiger partial charge in [-0.15, -0.1) is 0 Å². The van der Waals surface area contributed by atoms with Gasteiger partial charge in [0.2, 0.25) is 5.91 Å². The highest BCUT2D eigenvalue weighted by molar-refractivity contribution is 9.10. The minimum atomic E-state index is -0.668. The first-order valence-electron chi connectivity index (χ1n) is 6.33. The van der Waals surface area contributed by atoms with Crippen molar-refractivity contribution in [2.24, 2.45) is 0 Å². The van der Waals surface area contributed by atoms with Crippen molar-refractivity contribution in [1.29, 1.82) is 0 Å². The average Bonchev–Trinajstić information content (AvgIpc) is 2.43. The van der Waals surface area contributed by atoms with Crippen LogP contribution in [-0.4, -0.2) is 44.5 Å². The number of nitrogens with one attached hydrogen (secondary N) is 1. The molecule has 112 valence electrons. The maximum Gasteiger partial charge on any atom is 0.220 e. The number of carbonyl (C=O) groups is 1. The highest BCUT2D eigenvalue weighted by atomic mass is 79.9. The van der Waals surface area contributed by atoms with E-state index in [0.29, 0.717) is 12.8 Å². The van der Waals surface area contributed by atoms with Gasteiger partial charge in [-0.1, -0.05) is 6.07 Å². The van der Waals surface area contributed by atoms with E-state index in [4.69, 9.17) is 9.47 Å². The summed E-state index contributed by atoms with van der Waals surface area (Å²) >= 11 is 3.41. The number of aliphatic hydroxyl groups is 1. The molecule has 2 N–H and O–H groups in total. The summed E-state index contributed by atoms with van der Waals surface area (Å²) in [6, 6.07) is 5.72. The summed E-state index contributed by atoms with van der Waals surface area (Å²) in [6.07, 6.45) is 0.340. The number of aliphatic hydroxyl groups excluding tert-OH is 1. The lowest BCUT2D eigenvalue weighted by atomic mass is 10.1. The summed E-state index contributed by atoms with van der Waals surface area (Å²) in [5.74, 6) is 0.674. The minimum absolute atomic E-state index is 0.0907. The van der Waals surface area contributed by atoms with E-state index in [1.807, 2.05) is 18.2 Å². The van der Waals surface area contributed by atoms with Crippen LogP contribution in [0, 0.1) is 0 Å². The summed E-state index contributed by atoms with van der Waals surface area (Å²) in [4.78, 5) is 11.6. The summed E-state index contributed by atoms with van der Waals surface area (Å²) in [7, 11) is 3.12. The van der Waals surface area contributed by atoms with Crippen LogP contribution in [0.2, 0.25) is 0 Å². The van der Waals surface area contributed by atoms with Crippen LogP contribution in [0.15, 0.2) is 22.7 Å². The monoisotopic (exact) mass is 345 g/mol. The summed E-state index contributed by atoms with van der Waals surface area (Å²) < 4.78 is 10.8. The fourth-order valence-electron chi connectivity index (χ4n) is 1.69. The second kappa shape index (κ2) is 8.94. The maximum atomic E-state index is 11.6. The quantitative estimate of drug-likeness (QED) is 0.749. The number of rotatable bonds is 8. The van der Waals surface area contributed by atoms with Crippen molar-refractivity contribution >= 4 is 21.8 Å². The largest absolute Gasteiger partial charge is 0.496 e. The lowest BCUT2D eigenvalue weighted by Crippen LogP contribution is -2.34. The normalized spacial score (nSPS) is 12.0. The van der Waals surface area contributed by atoms with Gasteiger partial charge in [-0.05, 0) is 40.0 Å². The zero-order valence-electron chi connectivity index (χ0n) is 11.7. The van der Waals surface area contributed by atoms with E-state index in [0.717, 1.165) is 15.8 Å². The van der Waals surface area contributed by atoms with Gasteiger partial charge in [0.05, 0.1) is 24.3 Å². The number of hydrogen-bond acceptors (Lipinski definition) is 4. The van der Waals surface area contributed by atoms with Gasteiger partial charge in [0.15, 0.2) is 0 Å². The van der Waals surface area contributed by atoms with Crippen molar-refractivity contribution in [1.82, 2.24) is 5.32 Å². The van der Waals surface area contributed by atoms with Crippen molar-refractivity contribution < 1.29 is 19.4 Å². The molecule has 6 heteroatoms. The fraction of sp³-hybridized carbons (Fsp3) is 0.500. The minimum Gasteiger partial charge on any atom is -0.496 e. The number of carbonyl (C=O) groups excluding carboxylic acids is 1. The predicted octanol–water partition coefficient (Wildman–Crippen LogP) is 1.51. The second-order valence-electron chi connectivity index (χ2n) is 4.38. The number of amides is 1. The fourth-order valence-corrected chi connectivity index (χ4v) is 2.28. The van der Waals surface area contributed by atoms with Crippen molar-refractivity contribution in [3.05, 3.63) is 28.2 Å². The summed E-state index contributed by atoms with van der Waals surface area (Å²) in [6.45, 7) is 0.421. The number of aryl methyl sites for hydroxylation is 1. The molecule has 0 bridgehead atoms. The van der Waals surface area contributed by atoms with E-state index in [1.165, 1.54) is 7.11 Å². The molecule has 0 spiro atoms. The molecule has 0 fully saturated rings. The Morgan fingerprint density at radius 2 is 2.20 bits per heavy atom. The van der Waals surface area contributed by atoms with Crippen molar-refractivity contribution in [2.45, 2.75) is 18.9 Å². The summed E-state index contributed by atoms with van der Waals surface area (Å²) in [5, 5.41) is 12.1. The highest BCUT2D eigenvalue weighted by Gasteiger charge is 2.08. The van der Waals surface area contributed by atoms with Crippen LogP contribution < -0.4 is 10.1 Å². The van der Waals surface area contributed by atoms with E-state index in [9.17, 15) is 9.90 Å². The SMILES string of the molecule is COCC(O)CNC(=O)CCc1ccc(OC)c(Br)c1. The third-order valence-electron chi connectivity index (χ3n) is 2.75. The zero-order valence-corrected chi connectivity index (χ0v) is 13.3. The lowest BCUT2D eigenvalue weighted by Gasteiger charge is -2.11. The van der Waals surface area contributed by atoms with Crippen LogP contribution in [0.3, 0.4) is 0 Å². The first-order valence-corrected chi connectivity index (χ1v) is 7.12. The Bertz CT molecular complexity index is 439. The summed E-state index contributed by atoms with van der Waals surface area (Å²) in [5.41, 5.74) is 1.05. The Hall–Kier alpha value is -1.11. The number of methoxy groups -OCH3 is 2. The number of ether oxygens (including phenoxy) is 2. The first kappa shape index (κ1) is 16.9. The van der Waals surface area contributed by atoms with Crippen LogP contribution in [0.4, 0.5) is 0 Å². The number of hydrogen-bond donors (Lipinski definition) is 2. The molecule has 20 heavy (non-hydrogen) atoms. The van der Waals surface area contributed by atoms with Gasteiger partial charge >= 0.3 is 0 Å². The molecule has 1 amide bonds. The molecular weight excluding hydrogens is 326 g/mol. The van der Waals surface area contributed by atoms with Gasteiger partial charge in [0.1, 0.15) is 5.75 Å². The third-order valence-corrected chi connectivity index (χ3v) is 3.37. The molecular formula is C14H20BrNO4. The Labute approximate surface area is 127 Å². The molecule has 1 atom stereocenters. The Morgan fingerprint density at radius 3 is 2.80 bits per heavy atom. The molecule has 0 aliphatic heterocycles. The standard InChI is InChI=1S/C14H20BrNO4/c1-19-9-11(17)8-16-14(18)6-4-10-3-5-13(20-2)12(15)7-10/h3,5,7,11,17H,4,6,8-9H2,1-2H3,(H,16,18). The molecule has 0 heterocycles. The molecule has 1 aromatic rings. The third kappa shape index (κ3) is 5.90. The molecule has 1 rings (SSSR count). The Morgan fingerprint density at radius 1 is 1.45 bits per heavy atom. The van der Waals surface area contributed by atoms with Gasteiger partial charge in [-0.25, -0.2) is 0 Å². The van der Waals surface area contributed by atoms with Crippen LogP contribution in [-0.2, 0) is 16.0 Å². The maximum absolute atomic E-state index is 11.6. The van der Waals surface area contributed by atoms with E-state index < -0.39 is 6.10 Å². The highest BCUT2D eigenvalue weighted by Crippen LogP contribution is 2.25. The van der Waals surface area contributed by atoms with Crippen LogP contribution in [0.25, 0.3) is 0 Å². The predicted molar refractivity (Wildman–Crippen MR) is 79.9 cm³/mol. The second-order valence-corrected chi connectivity index (χ2v) is 5.24.